The van der Waals surface area contributed by atoms with E-state index in [0.29, 0.717) is 45.6 Å². The number of benzene rings is 1. The fraction of sp³-hybridized carbons (Fsp3) is 0.640. The van der Waals surface area contributed by atoms with Crippen molar-refractivity contribution in [2.24, 2.45) is 5.41 Å². The maximum Gasteiger partial charge on any atom is 0.245 e. The highest BCUT2D eigenvalue weighted by Crippen LogP contribution is 2.27. The van der Waals surface area contributed by atoms with Gasteiger partial charge in [0.15, 0.2) is 0 Å². The van der Waals surface area contributed by atoms with Gasteiger partial charge in [-0.15, -0.1) is 0 Å². The number of hydrogen-bond donors (Lipinski definition) is 0. The Kier molecular flexibility index (Phi) is 7.80. The molecule has 0 radical (unpaired) electrons. The highest BCUT2D eigenvalue weighted by atomic mass is 16.5. The van der Waals surface area contributed by atoms with Crippen molar-refractivity contribution < 1.29 is 19.1 Å². The Labute approximate surface area is 191 Å². The first-order valence-electron chi connectivity index (χ1n) is 11.7. The third-order valence-corrected chi connectivity index (χ3v) is 6.39. The minimum absolute atomic E-state index is 0.0348. The number of carbonyl (C=O) groups excluding carboxylic acids is 3. The molecule has 2 aliphatic rings. The molecule has 2 saturated heterocycles. The van der Waals surface area contributed by atoms with Crippen molar-refractivity contribution in [2.75, 3.05) is 39.8 Å². The molecule has 7 heteroatoms. The molecule has 7 nitrogen and oxygen atoms in total. The van der Waals surface area contributed by atoms with E-state index in [4.69, 9.17) is 4.74 Å². The first kappa shape index (κ1) is 24.1. The third-order valence-electron chi connectivity index (χ3n) is 6.39. The van der Waals surface area contributed by atoms with Crippen molar-refractivity contribution in [1.29, 1.82) is 0 Å². The lowest BCUT2D eigenvalue weighted by Gasteiger charge is -2.33. The van der Waals surface area contributed by atoms with Crippen LogP contribution in [0.4, 0.5) is 0 Å². The molecule has 0 aliphatic carbocycles. The van der Waals surface area contributed by atoms with Crippen molar-refractivity contribution in [3.63, 3.8) is 0 Å². The van der Waals surface area contributed by atoms with Gasteiger partial charge >= 0.3 is 0 Å². The molecule has 0 spiro atoms. The lowest BCUT2D eigenvalue weighted by molar-refractivity contribution is -0.148. The van der Waals surface area contributed by atoms with Crippen LogP contribution in [0.2, 0.25) is 0 Å². The molecular weight excluding hydrogens is 406 g/mol. The highest BCUT2D eigenvalue weighted by molar-refractivity contribution is 5.90. The zero-order valence-electron chi connectivity index (χ0n) is 19.9. The summed E-state index contributed by atoms with van der Waals surface area (Å²) < 4.78 is 5.18. The number of aryl methyl sites for hydroxylation is 1. The van der Waals surface area contributed by atoms with Crippen molar-refractivity contribution in [2.45, 2.75) is 58.9 Å². The van der Waals surface area contributed by atoms with E-state index in [1.165, 1.54) is 0 Å². The number of nitrogens with zero attached hydrogens (tertiary/aromatic N) is 3. The Morgan fingerprint density at radius 1 is 0.938 bits per heavy atom. The predicted molar refractivity (Wildman–Crippen MR) is 123 cm³/mol. The molecule has 0 aromatic heterocycles. The summed E-state index contributed by atoms with van der Waals surface area (Å²) in [5, 5.41) is 0. The smallest absolute Gasteiger partial charge is 0.245 e. The molecule has 2 aliphatic heterocycles. The molecule has 0 N–H and O–H groups in total. The number of methoxy groups -OCH3 is 1. The maximum absolute atomic E-state index is 13.3. The lowest BCUT2D eigenvalue weighted by atomic mass is 9.94. The van der Waals surface area contributed by atoms with Gasteiger partial charge in [0.05, 0.1) is 7.11 Å². The molecule has 1 aromatic rings. The second-order valence-electron chi connectivity index (χ2n) is 9.81. The van der Waals surface area contributed by atoms with E-state index in [-0.39, 0.29) is 23.8 Å². The number of rotatable bonds is 5. The van der Waals surface area contributed by atoms with Gasteiger partial charge in [-0.2, -0.15) is 0 Å². The summed E-state index contributed by atoms with van der Waals surface area (Å²) >= 11 is 0. The van der Waals surface area contributed by atoms with Crippen LogP contribution < -0.4 is 4.74 Å². The lowest BCUT2D eigenvalue weighted by Crippen LogP contribution is -2.51. The van der Waals surface area contributed by atoms with Crippen LogP contribution in [0.5, 0.6) is 5.75 Å². The van der Waals surface area contributed by atoms with Crippen LogP contribution in [0.25, 0.3) is 0 Å². The summed E-state index contributed by atoms with van der Waals surface area (Å²) in [6.45, 7) is 8.73. The van der Waals surface area contributed by atoms with Crippen LogP contribution in [0.3, 0.4) is 0 Å². The zero-order valence-corrected chi connectivity index (χ0v) is 19.9. The van der Waals surface area contributed by atoms with Gasteiger partial charge in [-0.25, -0.2) is 0 Å². The summed E-state index contributed by atoms with van der Waals surface area (Å²) in [6, 6.07) is 7.43. The molecule has 0 bridgehead atoms. The predicted octanol–water partition coefficient (Wildman–Crippen LogP) is 2.73. The van der Waals surface area contributed by atoms with Crippen LogP contribution in [-0.2, 0) is 20.8 Å². The van der Waals surface area contributed by atoms with Gasteiger partial charge in [0.2, 0.25) is 17.7 Å². The Morgan fingerprint density at radius 3 is 2.25 bits per heavy atom. The van der Waals surface area contributed by atoms with Crippen LogP contribution in [0, 0.1) is 5.41 Å². The zero-order chi connectivity index (χ0) is 23.3. The van der Waals surface area contributed by atoms with E-state index in [1.54, 1.807) is 12.0 Å². The largest absolute Gasteiger partial charge is 0.497 e. The maximum atomic E-state index is 13.3. The first-order valence-corrected chi connectivity index (χ1v) is 11.7. The standard InChI is InChI=1S/C25H37N3O4/c1-25(2,3)24(31)28-16-5-7-21(28)23(30)27-15-6-14-26(17-18-27)22(29)13-10-19-8-11-20(32-4)12-9-19/h8-9,11-12,21H,5-7,10,13-18H2,1-4H3. The van der Waals surface area contributed by atoms with Crippen molar-refractivity contribution in [1.82, 2.24) is 14.7 Å². The molecule has 3 rings (SSSR count). The molecule has 3 amide bonds. The fourth-order valence-corrected chi connectivity index (χ4v) is 4.50. The monoisotopic (exact) mass is 443 g/mol. The molecule has 1 atom stereocenters. The Bertz CT molecular complexity index is 815. The summed E-state index contributed by atoms with van der Waals surface area (Å²) in [5.41, 5.74) is 0.616. The molecule has 32 heavy (non-hydrogen) atoms. The third kappa shape index (κ3) is 5.81. The first-order chi connectivity index (χ1) is 15.2. The highest BCUT2D eigenvalue weighted by Gasteiger charge is 2.40. The van der Waals surface area contributed by atoms with Crippen molar-refractivity contribution >= 4 is 17.7 Å². The van der Waals surface area contributed by atoms with Gasteiger partial charge in [0.25, 0.3) is 0 Å². The van der Waals surface area contributed by atoms with E-state index in [1.807, 2.05) is 54.8 Å². The fourth-order valence-electron chi connectivity index (χ4n) is 4.50. The molecule has 1 unspecified atom stereocenters. The van der Waals surface area contributed by atoms with Crippen LogP contribution in [-0.4, -0.2) is 78.3 Å². The van der Waals surface area contributed by atoms with Gasteiger partial charge in [0.1, 0.15) is 11.8 Å². The second-order valence-corrected chi connectivity index (χ2v) is 9.81. The van der Waals surface area contributed by atoms with Gasteiger partial charge in [-0.3, -0.25) is 14.4 Å². The van der Waals surface area contributed by atoms with E-state index < -0.39 is 5.41 Å². The minimum Gasteiger partial charge on any atom is -0.497 e. The molecular formula is C25H37N3O4. The average Bonchev–Trinajstić information content (AvgIpc) is 3.13. The Hall–Kier alpha value is -2.57. The van der Waals surface area contributed by atoms with Crippen LogP contribution in [0.1, 0.15) is 52.0 Å². The van der Waals surface area contributed by atoms with E-state index in [9.17, 15) is 14.4 Å². The van der Waals surface area contributed by atoms with Crippen LogP contribution >= 0.6 is 0 Å². The number of amides is 3. The van der Waals surface area contributed by atoms with Crippen molar-refractivity contribution in [3.05, 3.63) is 29.8 Å². The molecule has 0 saturated carbocycles. The van der Waals surface area contributed by atoms with E-state index in [0.717, 1.165) is 30.6 Å². The molecule has 176 valence electrons. The van der Waals surface area contributed by atoms with Crippen molar-refractivity contribution in [3.8, 4) is 5.75 Å². The van der Waals surface area contributed by atoms with Crippen LogP contribution in [0.15, 0.2) is 24.3 Å². The number of ether oxygens (including phenoxy) is 1. The minimum atomic E-state index is -0.491. The SMILES string of the molecule is COc1ccc(CCC(=O)N2CCCN(C(=O)C3CCCN3C(=O)C(C)(C)C)CC2)cc1. The molecule has 1 aromatic carbocycles. The average molecular weight is 444 g/mol. The second kappa shape index (κ2) is 10.4. The van der Waals surface area contributed by atoms with Gasteiger partial charge < -0.3 is 19.4 Å². The topological polar surface area (TPSA) is 70.2 Å². The molecule has 2 heterocycles. The quantitative estimate of drug-likeness (QED) is 0.702. The summed E-state index contributed by atoms with van der Waals surface area (Å²) in [4.78, 5) is 44.3. The normalized spacial score (nSPS) is 19.6. The summed E-state index contributed by atoms with van der Waals surface area (Å²) in [5.74, 6) is 1.01. The van der Waals surface area contributed by atoms with E-state index >= 15 is 0 Å². The molecule has 2 fully saturated rings. The van der Waals surface area contributed by atoms with E-state index in [2.05, 4.69) is 0 Å². The van der Waals surface area contributed by atoms with Gasteiger partial charge in [0, 0.05) is 44.6 Å². The number of hydrogen-bond acceptors (Lipinski definition) is 4. The summed E-state index contributed by atoms with van der Waals surface area (Å²) in [7, 11) is 1.64. The van der Waals surface area contributed by atoms with Gasteiger partial charge in [-0.05, 0) is 43.4 Å². The Morgan fingerprint density at radius 2 is 1.59 bits per heavy atom. The Balaban J connectivity index is 1.53. The summed E-state index contributed by atoms with van der Waals surface area (Å²) in [6.07, 6.45) is 3.49. The van der Waals surface area contributed by atoms with Gasteiger partial charge in [-0.1, -0.05) is 32.9 Å². The number of carbonyl (C=O) groups is 3. The number of likely N-dealkylation sites (tertiary alicyclic amines) is 1.